The Morgan fingerprint density at radius 2 is 2.22 bits per heavy atom. The van der Waals surface area contributed by atoms with Gasteiger partial charge in [-0.3, -0.25) is 4.79 Å². The van der Waals surface area contributed by atoms with Crippen LogP contribution in [0.25, 0.3) is 0 Å². The summed E-state index contributed by atoms with van der Waals surface area (Å²) in [5.41, 5.74) is 1.50. The Morgan fingerprint density at radius 1 is 1.39 bits per heavy atom. The molecule has 18 heavy (non-hydrogen) atoms. The first kappa shape index (κ1) is 12.6. The van der Waals surface area contributed by atoms with Crippen LogP contribution in [0.3, 0.4) is 0 Å². The van der Waals surface area contributed by atoms with Gasteiger partial charge in [-0.1, -0.05) is 11.6 Å². The molecule has 2 aromatic rings. The second kappa shape index (κ2) is 5.69. The summed E-state index contributed by atoms with van der Waals surface area (Å²) >= 11 is 5.62. The summed E-state index contributed by atoms with van der Waals surface area (Å²) in [7, 11) is 0. The van der Waals surface area contributed by atoms with E-state index in [9.17, 15) is 9.18 Å². The van der Waals surface area contributed by atoms with Gasteiger partial charge in [0.1, 0.15) is 5.82 Å². The largest absolute Gasteiger partial charge is 0.365 e. The molecule has 0 unspecified atom stereocenters. The molecule has 0 saturated heterocycles. The summed E-state index contributed by atoms with van der Waals surface area (Å²) in [5, 5.41) is 2.67. The monoisotopic (exact) mass is 266 g/mol. The maximum absolute atomic E-state index is 12.9. The number of amides is 1. The van der Waals surface area contributed by atoms with Gasteiger partial charge in [-0.15, -0.1) is 0 Å². The lowest BCUT2D eigenvalue weighted by atomic mass is 10.2. The molecule has 0 fully saturated rings. The number of aromatic amines is 1. The number of aromatic nitrogens is 1. The van der Waals surface area contributed by atoms with Crippen LogP contribution in [0.15, 0.2) is 36.5 Å². The van der Waals surface area contributed by atoms with Crippen molar-refractivity contribution in [2.24, 2.45) is 0 Å². The van der Waals surface area contributed by atoms with E-state index < -0.39 is 5.82 Å². The van der Waals surface area contributed by atoms with Gasteiger partial charge in [0.15, 0.2) is 0 Å². The van der Waals surface area contributed by atoms with Crippen molar-refractivity contribution in [3.8, 4) is 0 Å². The topological polar surface area (TPSA) is 44.9 Å². The predicted octanol–water partition coefficient (Wildman–Crippen LogP) is 3.38. The van der Waals surface area contributed by atoms with E-state index in [1.807, 2.05) is 18.3 Å². The number of carbonyl (C=O) groups excluding carboxylic acids is 1. The summed E-state index contributed by atoms with van der Waals surface area (Å²) in [6, 6.07) is 7.90. The third-order valence-corrected chi connectivity index (χ3v) is 2.78. The third-order valence-electron chi connectivity index (χ3n) is 2.49. The molecule has 1 heterocycles. The van der Waals surface area contributed by atoms with E-state index in [1.54, 1.807) is 0 Å². The molecule has 0 radical (unpaired) electrons. The van der Waals surface area contributed by atoms with Crippen molar-refractivity contribution in [1.29, 1.82) is 0 Å². The zero-order valence-corrected chi connectivity index (χ0v) is 10.3. The molecule has 0 atom stereocenters. The molecule has 0 spiro atoms. The Balaban J connectivity index is 1.88. The molecular formula is C13H12ClFN2O. The molecule has 0 saturated carbocycles. The Hall–Kier alpha value is -1.81. The van der Waals surface area contributed by atoms with Gasteiger partial charge < -0.3 is 10.3 Å². The van der Waals surface area contributed by atoms with Gasteiger partial charge in [0.2, 0.25) is 5.91 Å². The molecule has 2 rings (SSSR count). The number of aryl methyl sites for hydroxylation is 1. The quantitative estimate of drug-likeness (QED) is 0.875. The molecule has 5 heteroatoms. The van der Waals surface area contributed by atoms with Gasteiger partial charge in [0.25, 0.3) is 0 Å². The van der Waals surface area contributed by atoms with Gasteiger partial charge in [-0.2, -0.15) is 0 Å². The van der Waals surface area contributed by atoms with E-state index in [2.05, 4.69) is 10.3 Å². The molecule has 1 amide bonds. The minimum Gasteiger partial charge on any atom is -0.365 e. The standard InChI is InChI=1S/C13H12ClFN2O/c14-11-8-10(3-5-12(11)15)17-13(18)6-4-9-2-1-7-16-9/h1-3,5,7-8,16H,4,6H2,(H,17,18). The number of carbonyl (C=O) groups is 1. The van der Waals surface area contributed by atoms with E-state index in [4.69, 9.17) is 11.6 Å². The van der Waals surface area contributed by atoms with E-state index in [-0.39, 0.29) is 10.9 Å². The molecule has 1 aromatic heterocycles. The zero-order valence-electron chi connectivity index (χ0n) is 9.54. The number of hydrogen-bond donors (Lipinski definition) is 2. The predicted molar refractivity (Wildman–Crippen MR) is 69.2 cm³/mol. The highest BCUT2D eigenvalue weighted by atomic mass is 35.5. The second-order valence-electron chi connectivity index (χ2n) is 3.87. The van der Waals surface area contributed by atoms with Crippen molar-refractivity contribution in [1.82, 2.24) is 4.98 Å². The lowest BCUT2D eigenvalue weighted by Crippen LogP contribution is -2.12. The van der Waals surface area contributed by atoms with Gasteiger partial charge in [0.05, 0.1) is 5.02 Å². The molecule has 0 aliphatic carbocycles. The van der Waals surface area contributed by atoms with Crippen LogP contribution in [-0.4, -0.2) is 10.9 Å². The highest BCUT2D eigenvalue weighted by Crippen LogP contribution is 2.19. The van der Waals surface area contributed by atoms with E-state index in [0.29, 0.717) is 18.5 Å². The Bertz CT molecular complexity index is 540. The molecule has 0 aliphatic heterocycles. The van der Waals surface area contributed by atoms with E-state index in [0.717, 1.165) is 5.69 Å². The molecule has 0 aliphatic rings. The van der Waals surface area contributed by atoms with Crippen molar-refractivity contribution in [2.75, 3.05) is 5.32 Å². The lowest BCUT2D eigenvalue weighted by Gasteiger charge is -2.05. The third kappa shape index (κ3) is 3.34. The van der Waals surface area contributed by atoms with Crippen molar-refractivity contribution in [2.45, 2.75) is 12.8 Å². The maximum Gasteiger partial charge on any atom is 0.224 e. The Kier molecular flexibility index (Phi) is 3.99. The summed E-state index contributed by atoms with van der Waals surface area (Å²) in [6.45, 7) is 0. The van der Waals surface area contributed by atoms with Crippen LogP contribution in [0, 0.1) is 5.82 Å². The number of halogens is 2. The SMILES string of the molecule is O=C(CCc1ccc[nH]1)Nc1ccc(F)c(Cl)c1. The van der Waals surface area contributed by atoms with Gasteiger partial charge in [0, 0.05) is 24.0 Å². The smallest absolute Gasteiger partial charge is 0.224 e. The highest BCUT2D eigenvalue weighted by Gasteiger charge is 2.05. The fraction of sp³-hybridized carbons (Fsp3) is 0.154. The van der Waals surface area contributed by atoms with Crippen molar-refractivity contribution in [3.63, 3.8) is 0 Å². The number of anilines is 1. The van der Waals surface area contributed by atoms with Crippen LogP contribution in [-0.2, 0) is 11.2 Å². The van der Waals surface area contributed by atoms with Crippen molar-refractivity contribution < 1.29 is 9.18 Å². The first-order chi connectivity index (χ1) is 8.65. The molecule has 2 N–H and O–H groups in total. The first-order valence-corrected chi connectivity index (χ1v) is 5.90. The van der Waals surface area contributed by atoms with Crippen molar-refractivity contribution >= 4 is 23.2 Å². The van der Waals surface area contributed by atoms with Crippen LogP contribution in [0.2, 0.25) is 5.02 Å². The molecule has 1 aromatic carbocycles. The normalized spacial score (nSPS) is 10.3. The minimum atomic E-state index is -0.499. The van der Waals surface area contributed by atoms with E-state index in [1.165, 1.54) is 18.2 Å². The molecule has 0 bridgehead atoms. The fourth-order valence-corrected chi connectivity index (χ4v) is 1.75. The molecular weight excluding hydrogens is 255 g/mol. The number of benzene rings is 1. The minimum absolute atomic E-state index is 0.00262. The Labute approximate surface area is 109 Å². The summed E-state index contributed by atoms with van der Waals surface area (Å²) in [5.74, 6) is -0.631. The molecule has 94 valence electrons. The lowest BCUT2D eigenvalue weighted by molar-refractivity contribution is -0.116. The van der Waals surface area contributed by atoms with Crippen LogP contribution < -0.4 is 5.32 Å². The zero-order chi connectivity index (χ0) is 13.0. The fourth-order valence-electron chi connectivity index (χ4n) is 1.57. The van der Waals surface area contributed by atoms with Crippen LogP contribution in [0.1, 0.15) is 12.1 Å². The van der Waals surface area contributed by atoms with Crippen molar-refractivity contribution in [3.05, 3.63) is 53.1 Å². The number of rotatable bonds is 4. The summed E-state index contributed by atoms with van der Waals surface area (Å²) < 4.78 is 12.9. The van der Waals surface area contributed by atoms with Gasteiger partial charge in [-0.25, -0.2) is 4.39 Å². The Morgan fingerprint density at radius 3 is 2.89 bits per heavy atom. The summed E-state index contributed by atoms with van der Waals surface area (Å²) in [4.78, 5) is 14.7. The second-order valence-corrected chi connectivity index (χ2v) is 4.28. The van der Waals surface area contributed by atoms with Gasteiger partial charge in [-0.05, 0) is 36.8 Å². The van der Waals surface area contributed by atoms with Crippen LogP contribution >= 0.6 is 11.6 Å². The van der Waals surface area contributed by atoms with Crippen LogP contribution in [0.4, 0.5) is 10.1 Å². The number of H-pyrrole nitrogens is 1. The van der Waals surface area contributed by atoms with Crippen LogP contribution in [0.5, 0.6) is 0 Å². The average molecular weight is 267 g/mol. The van der Waals surface area contributed by atoms with E-state index >= 15 is 0 Å². The maximum atomic E-state index is 12.9. The number of nitrogens with one attached hydrogen (secondary N) is 2. The average Bonchev–Trinajstić information content (AvgIpc) is 2.84. The molecule has 3 nitrogen and oxygen atoms in total. The summed E-state index contributed by atoms with van der Waals surface area (Å²) in [6.07, 6.45) is 2.80. The first-order valence-electron chi connectivity index (χ1n) is 5.52. The highest BCUT2D eigenvalue weighted by molar-refractivity contribution is 6.31. The number of hydrogen-bond acceptors (Lipinski definition) is 1. The van der Waals surface area contributed by atoms with Gasteiger partial charge >= 0.3 is 0 Å².